The third-order valence-electron chi connectivity index (χ3n) is 8.02. The molecular weight excluding hydrogens is 384 g/mol. The molecular formula is C26H38N4O. The number of nitrogens with zero attached hydrogens (tertiary/aromatic N) is 3. The van der Waals surface area contributed by atoms with E-state index in [0.717, 1.165) is 38.8 Å². The molecule has 5 nitrogen and oxygen atoms in total. The van der Waals surface area contributed by atoms with Crippen LogP contribution in [0, 0.1) is 5.92 Å². The molecule has 3 unspecified atom stereocenters. The van der Waals surface area contributed by atoms with Crippen LogP contribution < -0.4 is 5.32 Å². The molecule has 0 amide bonds. The van der Waals surface area contributed by atoms with Crippen molar-refractivity contribution in [2.24, 2.45) is 5.92 Å². The minimum absolute atomic E-state index is 0.0874. The molecule has 3 aliphatic rings. The first kappa shape index (κ1) is 21.1. The van der Waals surface area contributed by atoms with Gasteiger partial charge in [0, 0.05) is 30.1 Å². The lowest BCUT2D eigenvalue weighted by atomic mass is 9.68. The van der Waals surface area contributed by atoms with Crippen molar-refractivity contribution >= 4 is 0 Å². The van der Waals surface area contributed by atoms with E-state index in [1.54, 1.807) is 0 Å². The van der Waals surface area contributed by atoms with Crippen molar-refractivity contribution < 1.29 is 4.74 Å². The quantitative estimate of drug-likeness (QED) is 0.653. The van der Waals surface area contributed by atoms with Crippen molar-refractivity contribution in [3.05, 3.63) is 48.0 Å². The fourth-order valence-corrected chi connectivity index (χ4v) is 6.61. The maximum atomic E-state index is 6.41. The van der Waals surface area contributed by atoms with Crippen LogP contribution in [0.2, 0.25) is 0 Å². The summed E-state index contributed by atoms with van der Waals surface area (Å²) in [5.41, 5.74) is 2.83. The molecule has 0 bridgehead atoms. The van der Waals surface area contributed by atoms with Gasteiger partial charge in [-0.2, -0.15) is 5.10 Å². The molecule has 2 aliphatic heterocycles. The molecule has 0 radical (unpaired) electrons. The van der Waals surface area contributed by atoms with Gasteiger partial charge < -0.3 is 10.1 Å². The average molecular weight is 423 g/mol. The highest BCUT2D eigenvalue weighted by Gasteiger charge is 2.48. The summed E-state index contributed by atoms with van der Waals surface area (Å²) in [4.78, 5) is 4.85. The minimum atomic E-state index is 0.0874. The molecule has 1 saturated heterocycles. The standard InChI is InChI=1S/C26H38N4O/c1-20(2)17-21-18-22(23-8-14-29-30(21)23)27-15-11-25(24-7-3-6-13-28-24)12-16-31-26(19-25)9-4-5-10-26/h3,6-8,13-14,20-22,27H,4-5,9-12,15-19H2,1-2H3. The third-order valence-corrected chi connectivity index (χ3v) is 8.02. The Balaban J connectivity index is 1.30. The van der Waals surface area contributed by atoms with Crippen LogP contribution in [0.3, 0.4) is 0 Å². The zero-order valence-electron chi connectivity index (χ0n) is 19.2. The minimum Gasteiger partial charge on any atom is -0.375 e. The molecule has 1 N–H and O–H groups in total. The van der Waals surface area contributed by atoms with E-state index in [-0.39, 0.29) is 11.0 Å². The first-order valence-corrected chi connectivity index (χ1v) is 12.4. The maximum absolute atomic E-state index is 6.41. The van der Waals surface area contributed by atoms with Gasteiger partial charge in [0.1, 0.15) is 0 Å². The topological polar surface area (TPSA) is 52.0 Å². The molecule has 2 fully saturated rings. The fourth-order valence-electron chi connectivity index (χ4n) is 6.61. The predicted molar refractivity (Wildman–Crippen MR) is 123 cm³/mol. The van der Waals surface area contributed by atoms with Gasteiger partial charge in [0.2, 0.25) is 0 Å². The van der Waals surface area contributed by atoms with Gasteiger partial charge in [-0.15, -0.1) is 0 Å². The lowest BCUT2D eigenvalue weighted by Gasteiger charge is -2.46. The van der Waals surface area contributed by atoms with E-state index in [1.807, 2.05) is 18.5 Å². The summed E-state index contributed by atoms with van der Waals surface area (Å²) in [7, 11) is 0. The van der Waals surface area contributed by atoms with Crippen molar-refractivity contribution in [1.29, 1.82) is 0 Å². The lowest BCUT2D eigenvalue weighted by molar-refractivity contribution is -0.104. The zero-order chi connectivity index (χ0) is 21.3. The molecule has 1 saturated carbocycles. The van der Waals surface area contributed by atoms with Crippen LogP contribution in [-0.2, 0) is 10.2 Å². The molecule has 2 aromatic heterocycles. The summed E-state index contributed by atoms with van der Waals surface area (Å²) in [5.74, 6) is 0.693. The van der Waals surface area contributed by atoms with Crippen LogP contribution >= 0.6 is 0 Å². The van der Waals surface area contributed by atoms with E-state index < -0.39 is 0 Å². The maximum Gasteiger partial charge on any atom is 0.0691 e. The molecule has 1 spiro atoms. The van der Waals surface area contributed by atoms with Crippen molar-refractivity contribution in [2.75, 3.05) is 13.2 Å². The van der Waals surface area contributed by atoms with Gasteiger partial charge in [-0.1, -0.05) is 32.8 Å². The molecule has 0 aromatic carbocycles. The smallest absolute Gasteiger partial charge is 0.0691 e. The van der Waals surface area contributed by atoms with Crippen molar-refractivity contribution in [3.63, 3.8) is 0 Å². The van der Waals surface area contributed by atoms with Crippen molar-refractivity contribution in [2.45, 2.75) is 94.7 Å². The Morgan fingerprint density at radius 2 is 2.03 bits per heavy atom. The molecule has 31 heavy (non-hydrogen) atoms. The molecule has 168 valence electrons. The van der Waals surface area contributed by atoms with E-state index >= 15 is 0 Å². The largest absolute Gasteiger partial charge is 0.375 e. The highest BCUT2D eigenvalue weighted by Crippen LogP contribution is 2.49. The number of hydrogen-bond donors (Lipinski definition) is 1. The number of nitrogens with one attached hydrogen (secondary N) is 1. The van der Waals surface area contributed by atoms with E-state index in [1.165, 1.54) is 43.5 Å². The Bertz CT molecular complexity index is 857. The number of hydrogen-bond acceptors (Lipinski definition) is 4. The monoisotopic (exact) mass is 422 g/mol. The lowest BCUT2D eigenvalue weighted by Crippen LogP contribution is -2.47. The molecule has 4 heterocycles. The number of pyridine rings is 1. The van der Waals surface area contributed by atoms with Gasteiger partial charge in [0.25, 0.3) is 0 Å². The number of fused-ring (bicyclic) bond motifs is 1. The van der Waals surface area contributed by atoms with Gasteiger partial charge >= 0.3 is 0 Å². The van der Waals surface area contributed by atoms with E-state index in [2.05, 4.69) is 47.1 Å². The van der Waals surface area contributed by atoms with Crippen molar-refractivity contribution in [1.82, 2.24) is 20.1 Å². The van der Waals surface area contributed by atoms with Crippen LogP contribution in [-0.4, -0.2) is 33.5 Å². The summed E-state index contributed by atoms with van der Waals surface area (Å²) in [6, 6.07) is 9.57. The van der Waals surface area contributed by atoms with Gasteiger partial charge in [-0.25, -0.2) is 0 Å². The Labute approximate surface area is 187 Å². The van der Waals surface area contributed by atoms with Crippen molar-refractivity contribution in [3.8, 4) is 0 Å². The van der Waals surface area contributed by atoms with Crippen LogP contribution in [0.15, 0.2) is 36.7 Å². The Morgan fingerprint density at radius 3 is 2.81 bits per heavy atom. The summed E-state index contributed by atoms with van der Waals surface area (Å²) in [5, 5.41) is 8.56. The Hall–Kier alpha value is -1.72. The highest BCUT2D eigenvalue weighted by molar-refractivity contribution is 5.21. The number of aromatic nitrogens is 3. The van der Waals surface area contributed by atoms with Gasteiger partial charge in [-0.3, -0.25) is 9.67 Å². The first-order chi connectivity index (χ1) is 15.1. The molecule has 5 rings (SSSR count). The number of rotatable bonds is 7. The molecule has 2 aromatic rings. The molecule has 3 atom stereocenters. The van der Waals surface area contributed by atoms with Gasteiger partial charge in [-0.05, 0) is 75.6 Å². The third kappa shape index (κ3) is 4.19. The van der Waals surface area contributed by atoms with E-state index in [9.17, 15) is 0 Å². The Morgan fingerprint density at radius 1 is 1.16 bits per heavy atom. The second-order valence-corrected chi connectivity index (χ2v) is 10.6. The normalized spacial score (nSPS) is 29.6. The Kier molecular flexibility index (Phi) is 5.91. The van der Waals surface area contributed by atoms with E-state index in [0.29, 0.717) is 18.0 Å². The van der Waals surface area contributed by atoms with E-state index in [4.69, 9.17) is 9.72 Å². The summed E-state index contributed by atoms with van der Waals surface area (Å²) >= 11 is 0. The van der Waals surface area contributed by atoms with Gasteiger partial charge in [0.05, 0.1) is 23.4 Å². The first-order valence-electron chi connectivity index (χ1n) is 12.4. The van der Waals surface area contributed by atoms with Gasteiger partial charge in [0.15, 0.2) is 0 Å². The van der Waals surface area contributed by atoms with Crippen LogP contribution in [0.25, 0.3) is 0 Å². The zero-order valence-corrected chi connectivity index (χ0v) is 19.2. The van der Waals surface area contributed by atoms with Crippen LogP contribution in [0.1, 0.15) is 95.1 Å². The average Bonchev–Trinajstić information content (AvgIpc) is 3.48. The predicted octanol–water partition coefficient (Wildman–Crippen LogP) is 5.35. The summed E-state index contributed by atoms with van der Waals surface area (Å²) < 4.78 is 8.68. The highest BCUT2D eigenvalue weighted by atomic mass is 16.5. The SMILES string of the molecule is CC(C)CC1CC(NCCC2(c3ccccn3)CCOC3(CCCC3)C2)c2ccnn21. The molecule has 5 heteroatoms. The molecule has 1 aliphatic carbocycles. The summed E-state index contributed by atoms with van der Waals surface area (Å²) in [6.07, 6.45) is 14.6. The fraction of sp³-hybridized carbons (Fsp3) is 0.692. The van der Waals surface area contributed by atoms with Crippen LogP contribution in [0.4, 0.5) is 0 Å². The van der Waals surface area contributed by atoms with Crippen LogP contribution in [0.5, 0.6) is 0 Å². The second kappa shape index (κ2) is 8.67. The summed E-state index contributed by atoms with van der Waals surface area (Å²) in [6.45, 7) is 6.50. The second-order valence-electron chi connectivity index (χ2n) is 10.6. The number of ether oxygens (including phenoxy) is 1.